The van der Waals surface area contributed by atoms with E-state index in [1.165, 1.54) is 24.3 Å². The summed E-state index contributed by atoms with van der Waals surface area (Å²) in [5.74, 6) is -0.315. The molecule has 2 aromatic rings. The number of para-hydroxylation sites is 1. The molecule has 0 bridgehead atoms. The fourth-order valence-corrected chi connectivity index (χ4v) is 3.22. The number of hydrogen-bond acceptors (Lipinski definition) is 4. The van der Waals surface area contributed by atoms with Crippen molar-refractivity contribution in [1.82, 2.24) is 0 Å². The Bertz CT molecular complexity index is 819. The van der Waals surface area contributed by atoms with Crippen LogP contribution in [-0.4, -0.2) is 28.1 Å². The fraction of sp³-hybridized carbons (Fsp3) is 0.250. The molecule has 0 aliphatic heterocycles. The van der Waals surface area contributed by atoms with Crippen LogP contribution in [-0.2, 0) is 16.4 Å². The van der Waals surface area contributed by atoms with Crippen LogP contribution in [0.15, 0.2) is 53.4 Å². The lowest BCUT2D eigenvalue weighted by Crippen LogP contribution is -2.20. The van der Waals surface area contributed by atoms with Gasteiger partial charge in [-0.3, -0.25) is 0 Å². The molecule has 130 valence electrons. The van der Waals surface area contributed by atoms with Crippen molar-refractivity contribution in [3.63, 3.8) is 0 Å². The zero-order chi connectivity index (χ0) is 18.0. The van der Waals surface area contributed by atoms with Crippen LogP contribution in [0.4, 0.5) is 18.9 Å². The first-order valence-electron chi connectivity index (χ1n) is 6.91. The van der Waals surface area contributed by atoms with Gasteiger partial charge in [0.2, 0.25) is 0 Å². The monoisotopic (exact) mass is 359 g/mol. The molecular formula is C16H16F3NO3S. The van der Waals surface area contributed by atoms with E-state index in [1.807, 2.05) is 0 Å². The highest BCUT2D eigenvalue weighted by Crippen LogP contribution is 2.27. The molecule has 0 N–H and O–H groups in total. The zero-order valence-corrected chi connectivity index (χ0v) is 13.9. The Balaban J connectivity index is 2.25. The van der Waals surface area contributed by atoms with Crippen LogP contribution < -0.4 is 9.64 Å². The number of benzene rings is 2. The Morgan fingerprint density at radius 1 is 1.08 bits per heavy atom. The minimum absolute atomic E-state index is 0.162. The second-order valence-electron chi connectivity index (χ2n) is 5.29. The van der Waals surface area contributed by atoms with Crippen molar-refractivity contribution in [2.45, 2.75) is 17.8 Å². The summed E-state index contributed by atoms with van der Waals surface area (Å²) >= 11 is 0. The summed E-state index contributed by atoms with van der Waals surface area (Å²) in [6, 6.07) is 12.0. The number of anilines is 1. The van der Waals surface area contributed by atoms with Crippen molar-refractivity contribution in [1.29, 1.82) is 0 Å². The van der Waals surface area contributed by atoms with Crippen molar-refractivity contribution < 1.29 is 26.3 Å². The van der Waals surface area contributed by atoms with E-state index in [0.717, 1.165) is 6.26 Å². The summed E-state index contributed by atoms with van der Waals surface area (Å²) in [6.07, 6.45) is -3.65. The van der Waals surface area contributed by atoms with Gasteiger partial charge < -0.3 is 9.64 Å². The van der Waals surface area contributed by atoms with E-state index >= 15 is 0 Å². The first-order chi connectivity index (χ1) is 11.1. The Kier molecular flexibility index (Phi) is 5.08. The van der Waals surface area contributed by atoms with Gasteiger partial charge in [-0.25, -0.2) is 8.42 Å². The lowest BCUT2D eigenvalue weighted by atomic mass is 10.2. The largest absolute Gasteiger partial charge is 0.573 e. The first kappa shape index (κ1) is 18.1. The number of alkyl halides is 3. The van der Waals surface area contributed by atoms with Gasteiger partial charge in [-0.15, -0.1) is 13.2 Å². The highest BCUT2D eigenvalue weighted by Gasteiger charge is 2.31. The molecule has 0 radical (unpaired) electrons. The highest BCUT2D eigenvalue weighted by molar-refractivity contribution is 7.90. The van der Waals surface area contributed by atoms with Crippen molar-refractivity contribution in [3.8, 4) is 5.75 Å². The summed E-state index contributed by atoms with van der Waals surface area (Å²) in [4.78, 5) is 1.82. The maximum atomic E-state index is 12.3. The molecule has 0 amide bonds. The molecule has 0 atom stereocenters. The molecule has 4 nitrogen and oxygen atoms in total. The molecule has 0 unspecified atom stereocenters. The summed E-state index contributed by atoms with van der Waals surface area (Å²) in [6.45, 7) is 0.224. The lowest BCUT2D eigenvalue weighted by Gasteiger charge is -2.22. The molecule has 0 saturated heterocycles. The Morgan fingerprint density at radius 3 is 2.38 bits per heavy atom. The van der Waals surface area contributed by atoms with E-state index < -0.39 is 16.2 Å². The summed E-state index contributed by atoms with van der Waals surface area (Å²) in [5.41, 5.74) is 1.03. The highest BCUT2D eigenvalue weighted by atomic mass is 32.2. The number of ether oxygens (including phenoxy) is 1. The minimum Gasteiger partial charge on any atom is -0.406 e. The summed E-state index contributed by atoms with van der Waals surface area (Å²) < 4.78 is 64.4. The Morgan fingerprint density at radius 2 is 1.75 bits per heavy atom. The predicted octanol–water partition coefficient (Wildman–Crippen LogP) is 3.63. The molecule has 0 saturated carbocycles. The zero-order valence-electron chi connectivity index (χ0n) is 13.0. The molecule has 2 rings (SSSR count). The van der Waals surface area contributed by atoms with Crippen molar-refractivity contribution in [2.75, 3.05) is 18.2 Å². The average molecular weight is 359 g/mol. The summed E-state index contributed by atoms with van der Waals surface area (Å²) in [7, 11) is -1.75. The van der Waals surface area contributed by atoms with Crippen LogP contribution in [0.5, 0.6) is 5.75 Å². The molecular weight excluding hydrogens is 343 g/mol. The van der Waals surface area contributed by atoms with Crippen molar-refractivity contribution in [2.24, 2.45) is 0 Å². The molecule has 0 aromatic heterocycles. The van der Waals surface area contributed by atoms with Crippen LogP contribution in [0.3, 0.4) is 0 Å². The van der Waals surface area contributed by atoms with Crippen LogP contribution in [0.25, 0.3) is 0 Å². The molecule has 0 aliphatic carbocycles. The third-order valence-corrected chi connectivity index (χ3v) is 4.37. The Hall–Kier alpha value is -2.22. The van der Waals surface area contributed by atoms with Crippen LogP contribution in [0.1, 0.15) is 5.56 Å². The third-order valence-electron chi connectivity index (χ3n) is 3.23. The topological polar surface area (TPSA) is 46.6 Å². The SMILES string of the molecule is CN(Cc1cccc(OC(F)(F)F)c1)c1ccccc1S(C)(=O)=O. The lowest BCUT2D eigenvalue weighted by molar-refractivity contribution is -0.274. The van der Waals surface area contributed by atoms with Gasteiger partial charge >= 0.3 is 6.36 Å². The minimum atomic E-state index is -4.76. The van der Waals surface area contributed by atoms with Crippen molar-refractivity contribution >= 4 is 15.5 Å². The fourth-order valence-electron chi connectivity index (χ4n) is 2.29. The maximum Gasteiger partial charge on any atom is 0.573 e. The number of halogens is 3. The van der Waals surface area contributed by atoms with Gasteiger partial charge in [-0.2, -0.15) is 0 Å². The molecule has 24 heavy (non-hydrogen) atoms. The van der Waals surface area contributed by atoms with Gasteiger partial charge in [0.05, 0.1) is 10.6 Å². The number of hydrogen-bond donors (Lipinski definition) is 0. The molecule has 0 fully saturated rings. The van der Waals surface area contributed by atoms with E-state index in [1.54, 1.807) is 36.2 Å². The smallest absolute Gasteiger partial charge is 0.406 e. The van der Waals surface area contributed by atoms with Crippen molar-refractivity contribution in [3.05, 3.63) is 54.1 Å². The maximum absolute atomic E-state index is 12.3. The van der Waals surface area contributed by atoms with E-state index in [4.69, 9.17) is 0 Å². The van der Waals surface area contributed by atoms with Gasteiger partial charge in [0.25, 0.3) is 0 Å². The molecule has 0 aliphatic rings. The van der Waals surface area contributed by atoms with Gasteiger partial charge in [-0.1, -0.05) is 24.3 Å². The van der Waals surface area contributed by atoms with Gasteiger partial charge in [0, 0.05) is 19.8 Å². The van der Waals surface area contributed by atoms with Crippen LogP contribution in [0.2, 0.25) is 0 Å². The summed E-state index contributed by atoms with van der Waals surface area (Å²) in [5, 5.41) is 0. The third kappa shape index (κ3) is 4.89. The quantitative estimate of drug-likeness (QED) is 0.818. The van der Waals surface area contributed by atoms with E-state index in [-0.39, 0.29) is 17.2 Å². The molecule has 8 heteroatoms. The second-order valence-corrected chi connectivity index (χ2v) is 7.28. The molecule has 0 spiro atoms. The van der Waals surface area contributed by atoms with Crippen LogP contribution >= 0.6 is 0 Å². The normalized spacial score (nSPS) is 12.0. The standard InChI is InChI=1S/C16H16F3NO3S/c1-20(14-8-3-4-9-15(14)24(2,21)22)11-12-6-5-7-13(10-12)23-16(17,18)19/h3-10H,11H2,1-2H3. The average Bonchev–Trinajstić information content (AvgIpc) is 2.45. The van der Waals surface area contributed by atoms with Gasteiger partial charge in [0.15, 0.2) is 9.84 Å². The number of sulfone groups is 1. The molecule has 2 aromatic carbocycles. The Labute approximate surface area is 138 Å². The predicted molar refractivity (Wildman–Crippen MR) is 84.8 cm³/mol. The number of rotatable bonds is 5. The van der Waals surface area contributed by atoms with E-state index in [0.29, 0.717) is 11.3 Å². The van der Waals surface area contributed by atoms with Gasteiger partial charge in [-0.05, 0) is 29.8 Å². The molecule has 0 heterocycles. The van der Waals surface area contributed by atoms with Crippen LogP contribution in [0, 0.1) is 0 Å². The second kappa shape index (κ2) is 6.72. The van der Waals surface area contributed by atoms with E-state index in [9.17, 15) is 21.6 Å². The van der Waals surface area contributed by atoms with E-state index in [2.05, 4.69) is 4.74 Å². The van der Waals surface area contributed by atoms with Gasteiger partial charge in [0.1, 0.15) is 5.75 Å². The first-order valence-corrected chi connectivity index (χ1v) is 8.80. The number of nitrogens with zero attached hydrogens (tertiary/aromatic N) is 1.